The molecular weight excluding hydrogens is 393 g/mol. The predicted molar refractivity (Wildman–Crippen MR) is 90.2 cm³/mol. The molecule has 3 aromatic heterocycles. The Hall–Kier alpha value is -2.88. The highest BCUT2D eigenvalue weighted by molar-refractivity contribution is 9.10. The lowest BCUT2D eigenvalue weighted by Crippen LogP contribution is -2.07. The first-order chi connectivity index (χ1) is 12.1. The van der Waals surface area contributed by atoms with E-state index >= 15 is 0 Å². The molecule has 0 spiro atoms. The molecule has 1 atom stereocenters. The molecule has 8 nitrogen and oxygen atoms in total. The van der Waals surface area contributed by atoms with Crippen LogP contribution in [0.3, 0.4) is 0 Å². The zero-order valence-corrected chi connectivity index (χ0v) is 14.5. The van der Waals surface area contributed by atoms with Gasteiger partial charge >= 0.3 is 0 Å². The van der Waals surface area contributed by atoms with E-state index in [-0.39, 0.29) is 11.7 Å². The molecule has 3 heterocycles. The number of halogens is 2. The number of pyridine rings is 1. The van der Waals surface area contributed by atoms with E-state index in [1.54, 1.807) is 25.1 Å². The van der Waals surface area contributed by atoms with Crippen LogP contribution in [0.15, 0.2) is 35.1 Å². The van der Waals surface area contributed by atoms with Gasteiger partial charge in [-0.15, -0.1) is 5.10 Å². The smallest absolute Gasteiger partial charge is 0.231 e. The Balaban J connectivity index is 1.87. The Morgan fingerprint density at radius 3 is 2.84 bits per heavy atom. The molecular formula is C15H11BrFN7O. The third kappa shape index (κ3) is 2.74. The van der Waals surface area contributed by atoms with Gasteiger partial charge in [-0.05, 0) is 28.9 Å². The minimum atomic E-state index is -0.441. The zero-order chi connectivity index (χ0) is 17.4. The van der Waals surface area contributed by atoms with Crippen LogP contribution in [0, 0.1) is 5.82 Å². The molecule has 0 saturated carbocycles. The summed E-state index contributed by atoms with van der Waals surface area (Å²) in [4.78, 5) is 8.40. The highest BCUT2D eigenvalue weighted by Crippen LogP contribution is 2.40. The quantitative estimate of drug-likeness (QED) is 0.541. The van der Waals surface area contributed by atoms with Gasteiger partial charge < -0.3 is 4.74 Å². The number of benzene rings is 1. The Labute approximate surface area is 149 Å². The SMILES string of the molecule is CC(Oc1nc2n[nH]nc2c(-c2ccccc2F)c1Br)c1ncn[nH]1. The Kier molecular flexibility index (Phi) is 3.88. The van der Waals surface area contributed by atoms with E-state index in [2.05, 4.69) is 51.5 Å². The van der Waals surface area contributed by atoms with E-state index in [9.17, 15) is 4.39 Å². The molecule has 1 unspecified atom stereocenters. The maximum atomic E-state index is 14.3. The average molecular weight is 404 g/mol. The molecule has 0 saturated heterocycles. The second-order valence-electron chi connectivity index (χ2n) is 5.21. The molecule has 25 heavy (non-hydrogen) atoms. The maximum Gasteiger partial charge on any atom is 0.231 e. The van der Waals surface area contributed by atoms with E-state index in [1.807, 2.05) is 0 Å². The lowest BCUT2D eigenvalue weighted by molar-refractivity contribution is 0.207. The summed E-state index contributed by atoms with van der Waals surface area (Å²) in [7, 11) is 0. The number of ether oxygens (including phenoxy) is 1. The van der Waals surface area contributed by atoms with Gasteiger partial charge in [-0.25, -0.2) is 9.37 Å². The summed E-state index contributed by atoms with van der Waals surface area (Å²) in [5, 5.41) is 17.1. The topological polar surface area (TPSA) is 105 Å². The van der Waals surface area contributed by atoms with Crippen molar-refractivity contribution in [3.8, 4) is 17.0 Å². The van der Waals surface area contributed by atoms with Crippen molar-refractivity contribution in [3.63, 3.8) is 0 Å². The summed E-state index contributed by atoms with van der Waals surface area (Å²) in [5.74, 6) is 0.415. The first kappa shape index (κ1) is 15.6. The summed E-state index contributed by atoms with van der Waals surface area (Å²) < 4.78 is 20.7. The van der Waals surface area contributed by atoms with Crippen LogP contribution >= 0.6 is 15.9 Å². The van der Waals surface area contributed by atoms with Gasteiger partial charge in [-0.2, -0.15) is 20.4 Å². The molecule has 0 aliphatic rings. The minimum absolute atomic E-state index is 0.253. The lowest BCUT2D eigenvalue weighted by atomic mass is 10.1. The van der Waals surface area contributed by atoms with Crippen molar-refractivity contribution in [2.75, 3.05) is 0 Å². The molecule has 0 aliphatic carbocycles. The third-order valence-electron chi connectivity index (χ3n) is 3.63. The van der Waals surface area contributed by atoms with Crippen LogP contribution in [0.5, 0.6) is 5.88 Å². The highest BCUT2D eigenvalue weighted by Gasteiger charge is 2.22. The zero-order valence-electron chi connectivity index (χ0n) is 12.9. The Bertz CT molecular complexity index is 1030. The molecule has 0 bridgehead atoms. The molecule has 2 N–H and O–H groups in total. The molecule has 126 valence electrons. The van der Waals surface area contributed by atoms with Crippen molar-refractivity contribution in [3.05, 3.63) is 46.7 Å². The van der Waals surface area contributed by atoms with Crippen molar-refractivity contribution < 1.29 is 9.13 Å². The largest absolute Gasteiger partial charge is 0.466 e. The molecule has 1 aromatic carbocycles. The third-order valence-corrected chi connectivity index (χ3v) is 4.37. The van der Waals surface area contributed by atoms with Gasteiger partial charge in [0.05, 0.1) is 4.47 Å². The normalized spacial score (nSPS) is 12.4. The molecule has 4 rings (SSSR count). The van der Waals surface area contributed by atoms with Crippen molar-refractivity contribution >= 4 is 27.1 Å². The first-order valence-electron chi connectivity index (χ1n) is 7.32. The van der Waals surface area contributed by atoms with Crippen molar-refractivity contribution in [2.24, 2.45) is 0 Å². The van der Waals surface area contributed by atoms with Gasteiger partial charge in [-0.3, -0.25) is 5.10 Å². The fraction of sp³-hybridized carbons (Fsp3) is 0.133. The highest BCUT2D eigenvalue weighted by atomic mass is 79.9. The maximum absolute atomic E-state index is 14.3. The van der Waals surface area contributed by atoms with Crippen LogP contribution in [0.1, 0.15) is 18.9 Å². The predicted octanol–water partition coefficient (Wildman–Crippen LogP) is 3.18. The summed E-state index contributed by atoms with van der Waals surface area (Å²) >= 11 is 3.47. The van der Waals surface area contributed by atoms with E-state index in [1.165, 1.54) is 12.4 Å². The minimum Gasteiger partial charge on any atom is -0.466 e. The van der Waals surface area contributed by atoms with Gasteiger partial charge in [0.1, 0.15) is 17.7 Å². The average Bonchev–Trinajstić information content (AvgIpc) is 3.28. The van der Waals surface area contributed by atoms with Crippen LogP contribution in [-0.2, 0) is 0 Å². The number of nitrogens with zero attached hydrogens (tertiary/aromatic N) is 5. The number of aromatic nitrogens is 7. The second-order valence-corrected chi connectivity index (χ2v) is 6.01. The van der Waals surface area contributed by atoms with E-state index < -0.39 is 6.10 Å². The molecule has 4 aromatic rings. The van der Waals surface area contributed by atoms with Crippen LogP contribution in [-0.4, -0.2) is 35.6 Å². The van der Waals surface area contributed by atoms with Gasteiger partial charge in [0.2, 0.25) is 11.5 Å². The van der Waals surface area contributed by atoms with Gasteiger partial charge in [-0.1, -0.05) is 18.2 Å². The van der Waals surface area contributed by atoms with E-state index in [4.69, 9.17) is 4.74 Å². The van der Waals surface area contributed by atoms with Gasteiger partial charge in [0, 0.05) is 11.1 Å². The number of hydrogen-bond acceptors (Lipinski definition) is 6. The van der Waals surface area contributed by atoms with Crippen LogP contribution in [0.4, 0.5) is 4.39 Å². The number of rotatable bonds is 4. The molecule has 10 heteroatoms. The van der Waals surface area contributed by atoms with Crippen molar-refractivity contribution in [2.45, 2.75) is 13.0 Å². The molecule has 0 aliphatic heterocycles. The van der Waals surface area contributed by atoms with Crippen LogP contribution < -0.4 is 4.74 Å². The standard InChI is InChI=1S/C15H11BrFN7O/c1-7(13-18-6-19-22-13)25-15-11(16)10(8-4-2-3-5-9(8)17)12-14(20-15)23-24-21-12/h2-7H,1H3,(H,18,19,22)(H,20,21,23,24). The lowest BCUT2D eigenvalue weighted by Gasteiger charge is -2.15. The number of aromatic amines is 2. The Morgan fingerprint density at radius 1 is 1.24 bits per heavy atom. The Morgan fingerprint density at radius 2 is 2.08 bits per heavy atom. The molecule has 0 amide bonds. The summed E-state index contributed by atoms with van der Waals surface area (Å²) in [6.07, 6.45) is 0.952. The monoisotopic (exact) mass is 403 g/mol. The number of fused-ring (bicyclic) bond motifs is 1. The summed E-state index contributed by atoms with van der Waals surface area (Å²) in [6.45, 7) is 1.80. The van der Waals surface area contributed by atoms with Gasteiger partial charge in [0.25, 0.3) is 0 Å². The van der Waals surface area contributed by atoms with E-state index in [0.29, 0.717) is 32.6 Å². The summed E-state index contributed by atoms with van der Waals surface area (Å²) in [6, 6.07) is 6.41. The summed E-state index contributed by atoms with van der Waals surface area (Å²) in [5.41, 5.74) is 1.64. The van der Waals surface area contributed by atoms with Crippen molar-refractivity contribution in [1.82, 2.24) is 35.6 Å². The number of H-pyrrole nitrogens is 2. The fourth-order valence-corrected chi connectivity index (χ4v) is 3.03. The fourth-order valence-electron chi connectivity index (χ4n) is 2.45. The van der Waals surface area contributed by atoms with E-state index in [0.717, 1.165) is 0 Å². The molecule has 0 fully saturated rings. The van der Waals surface area contributed by atoms with Crippen LogP contribution in [0.2, 0.25) is 0 Å². The molecule has 0 radical (unpaired) electrons. The number of nitrogens with one attached hydrogen (secondary N) is 2. The first-order valence-corrected chi connectivity index (χ1v) is 8.11. The second kappa shape index (κ2) is 6.20. The van der Waals surface area contributed by atoms with Crippen LogP contribution in [0.25, 0.3) is 22.3 Å². The van der Waals surface area contributed by atoms with Crippen molar-refractivity contribution in [1.29, 1.82) is 0 Å². The number of hydrogen-bond donors (Lipinski definition) is 2. The van der Waals surface area contributed by atoms with Gasteiger partial charge in [0.15, 0.2) is 11.9 Å².